The van der Waals surface area contributed by atoms with Crippen molar-refractivity contribution in [3.8, 4) is 0 Å². The average Bonchev–Trinajstić information content (AvgIpc) is 2.89. The molecule has 0 aliphatic carbocycles. The molecule has 0 radical (unpaired) electrons. The van der Waals surface area contributed by atoms with E-state index in [1.807, 2.05) is 23.3 Å². The van der Waals surface area contributed by atoms with Crippen LogP contribution in [-0.2, 0) is 4.84 Å². The number of hydroxylamine groups is 2. The highest BCUT2D eigenvalue weighted by Crippen LogP contribution is 2.46. The van der Waals surface area contributed by atoms with Crippen molar-refractivity contribution in [2.24, 2.45) is 11.3 Å². The van der Waals surface area contributed by atoms with Crippen LogP contribution in [0.15, 0.2) is 45.4 Å². The van der Waals surface area contributed by atoms with Crippen molar-refractivity contribution in [1.82, 2.24) is 14.5 Å². The zero-order valence-electron chi connectivity index (χ0n) is 25.9. The minimum Gasteiger partial charge on any atom is -0.477 e. The van der Waals surface area contributed by atoms with Gasteiger partial charge in [-0.05, 0) is 67.9 Å². The number of allylic oxidation sites excluding steroid dienone is 3. The molecule has 11 heteroatoms. The number of piperazine rings is 1. The van der Waals surface area contributed by atoms with Gasteiger partial charge in [-0.25, -0.2) is 14.2 Å². The van der Waals surface area contributed by atoms with Crippen LogP contribution in [-0.4, -0.2) is 76.3 Å². The highest BCUT2D eigenvalue weighted by atomic mass is 32.2. The third kappa shape index (κ3) is 6.64. The lowest BCUT2D eigenvalue weighted by atomic mass is 9.83. The van der Waals surface area contributed by atoms with Gasteiger partial charge in [-0.3, -0.25) is 14.5 Å². The monoisotopic (exact) mass is 614 g/mol. The molecule has 1 aromatic carbocycles. The lowest BCUT2D eigenvalue weighted by molar-refractivity contribution is -0.205. The predicted molar refractivity (Wildman–Crippen MR) is 168 cm³/mol. The fraction of sp³-hybridized carbons (Fsp3) is 0.562. The Kier molecular flexibility index (Phi) is 9.00. The van der Waals surface area contributed by atoms with Crippen LogP contribution < -0.4 is 10.3 Å². The quantitative estimate of drug-likeness (QED) is 0.383. The molecule has 2 N–H and O–H groups in total. The molecular weight excluding hydrogens is 571 g/mol. The molecule has 4 heterocycles. The molecule has 0 bridgehead atoms. The number of hydrogen-bond donors (Lipinski definition) is 2. The summed E-state index contributed by atoms with van der Waals surface area (Å²) in [6.07, 6.45) is 4.94. The summed E-state index contributed by atoms with van der Waals surface area (Å²) in [5, 5.41) is 22.4. The second kappa shape index (κ2) is 12.3. The molecule has 1 fully saturated rings. The van der Waals surface area contributed by atoms with Crippen molar-refractivity contribution in [3.63, 3.8) is 0 Å². The molecule has 3 aliphatic heterocycles. The minimum absolute atomic E-state index is 0.0405. The van der Waals surface area contributed by atoms with Crippen molar-refractivity contribution in [2.75, 3.05) is 44.2 Å². The second-order valence-electron chi connectivity index (χ2n) is 13.2. The highest BCUT2D eigenvalue weighted by molar-refractivity contribution is 8.00. The minimum atomic E-state index is -1.29. The fourth-order valence-electron chi connectivity index (χ4n) is 6.58. The third-order valence-electron chi connectivity index (χ3n) is 8.29. The van der Waals surface area contributed by atoms with Gasteiger partial charge in [0.2, 0.25) is 5.43 Å². The normalized spacial score (nSPS) is 21.8. The number of pyridine rings is 1. The van der Waals surface area contributed by atoms with Gasteiger partial charge < -0.3 is 19.7 Å². The third-order valence-corrected chi connectivity index (χ3v) is 9.46. The van der Waals surface area contributed by atoms with Crippen molar-refractivity contribution < 1.29 is 24.2 Å². The lowest BCUT2D eigenvalue weighted by Gasteiger charge is -2.38. The molecule has 234 valence electrons. The van der Waals surface area contributed by atoms with E-state index in [0.717, 1.165) is 24.1 Å². The number of anilines is 1. The summed E-state index contributed by atoms with van der Waals surface area (Å²) in [5.74, 6) is -1.38. The first-order chi connectivity index (χ1) is 20.2. The van der Waals surface area contributed by atoms with Crippen LogP contribution in [0.1, 0.15) is 70.1 Å². The maximum absolute atomic E-state index is 15.3. The molecular formula is C32H43FN4O5S. The van der Waals surface area contributed by atoms with E-state index in [0.29, 0.717) is 61.5 Å². The fourth-order valence-corrected chi connectivity index (χ4v) is 7.73. The Hall–Kier alpha value is -2.86. The van der Waals surface area contributed by atoms with Gasteiger partial charge >= 0.3 is 5.97 Å². The Labute approximate surface area is 256 Å². The van der Waals surface area contributed by atoms with Crippen molar-refractivity contribution in [1.29, 1.82) is 0 Å². The molecule has 9 nitrogen and oxygen atoms in total. The number of carboxylic acids is 1. The van der Waals surface area contributed by atoms with E-state index < -0.39 is 23.4 Å². The number of hydrogen-bond acceptors (Lipinski definition) is 8. The van der Waals surface area contributed by atoms with Gasteiger partial charge in [0.25, 0.3) is 0 Å². The Morgan fingerprint density at radius 3 is 2.53 bits per heavy atom. The van der Waals surface area contributed by atoms with E-state index in [9.17, 15) is 19.8 Å². The topological polar surface area (TPSA) is 98.5 Å². The largest absolute Gasteiger partial charge is 0.477 e. The first-order valence-electron chi connectivity index (χ1n) is 15.0. The molecule has 0 spiro atoms. The number of carbonyl (C=O) groups is 1. The summed E-state index contributed by atoms with van der Waals surface area (Å²) < 4.78 is 17.2. The molecule has 0 saturated carbocycles. The van der Waals surface area contributed by atoms with Gasteiger partial charge in [-0.15, -0.1) is 0 Å². The summed E-state index contributed by atoms with van der Waals surface area (Å²) in [4.78, 5) is 35.0. The molecule has 2 aromatic rings. The molecule has 43 heavy (non-hydrogen) atoms. The number of aliphatic hydroxyl groups is 1. The molecule has 3 aliphatic rings. The van der Waals surface area contributed by atoms with Gasteiger partial charge in [-0.2, -0.15) is 0 Å². The first kappa shape index (κ1) is 31.6. The van der Waals surface area contributed by atoms with E-state index in [1.165, 1.54) is 17.8 Å². The number of fused-ring (bicyclic) bond motifs is 3. The second-order valence-corrected chi connectivity index (χ2v) is 14.5. The predicted octanol–water partition coefficient (Wildman–Crippen LogP) is 5.44. The van der Waals surface area contributed by atoms with Gasteiger partial charge in [0.15, 0.2) is 6.23 Å². The zero-order valence-corrected chi connectivity index (χ0v) is 26.7. The Bertz CT molecular complexity index is 1520. The summed E-state index contributed by atoms with van der Waals surface area (Å²) in [6.45, 7) is 16.6. The maximum Gasteiger partial charge on any atom is 0.342 e. The number of aromatic nitrogens is 1. The number of rotatable bonds is 9. The lowest BCUT2D eigenvalue weighted by Crippen LogP contribution is -2.48. The molecule has 3 unspecified atom stereocenters. The van der Waals surface area contributed by atoms with E-state index in [4.69, 9.17) is 4.84 Å². The zero-order chi connectivity index (χ0) is 31.2. The van der Waals surface area contributed by atoms with Crippen molar-refractivity contribution >= 4 is 34.3 Å². The summed E-state index contributed by atoms with van der Waals surface area (Å²) in [5.41, 5.74) is 2.28. The van der Waals surface area contributed by atoms with Gasteiger partial charge in [0.1, 0.15) is 11.4 Å². The van der Waals surface area contributed by atoms with Crippen LogP contribution in [0.4, 0.5) is 10.1 Å². The number of aromatic carboxylic acids is 1. The van der Waals surface area contributed by atoms with E-state index in [-0.39, 0.29) is 21.7 Å². The van der Waals surface area contributed by atoms with Crippen molar-refractivity contribution in [2.45, 2.75) is 71.0 Å². The standard InChI is InChI=1S/C32H43FN4O5S/c1-19-13-22(14-20(2)18-32(4,5)6)37(27(38)15-19)42-12-11-34-7-9-35(10-8-34)26-17-25-23(16-24(26)33)29(39)28(31(40)41)30-36(25)21(3)43-30/h13,15-17,20-21,27,38H,7-12,14,18H2,1-6H3,(H,40,41). The van der Waals surface area contributed by atoms with Gasteiger partial charge in [0, 0.05) is 43.8 Å². The number of carboxylic acid groups (broad SMARTS) is 1. The highest BCUT2D eigenvalue weighted by Gasteiger charge is 2.34. The number of halogens is 1. The molecule has 0 amide bonds. The van der Waals surface area contributed by atoms with Crippen molar-refractivity contribution in [3.05, 3.63) is 57.2 Å². The number of nitrogens with zero attached hydrogens (tertiary/aromatic N) is 4. The van der Waals surface area contributed by atoms with Crippen LogP contribution >= 0.6 is 11.8 Å². The summed E-state index contributed by atoms with van der Waals surface area (Å²) in [6, 6.07) is 2.88. The summed E-state index contributed by atoms with van der Waals surface area (Å²) in [7, 11) is 0. The Morgan fingerprint density at radius 2 is 1.91 bits per heavy atom. The molecule has 1 saturated heterocycles. The van der Waals surface area contributed by atoms with Gasteiger partial charge in [-0.1, -0.05) is 39.5 Å². The van der Waals surface area contributed by atoms with E-state index in [1.54, 1.807) is 17.2 Å². The van der Waals surface area contributed by atoms with Crippen LogP contribution in [0.3, 0.4) is 0 Å². The van der Waals surface area contributed by atoms with Gasteiger partial charge in [0.05, 0.1) is 28.2 Å². The SMILES string of the molecule is CC1=CC(O)N(OCCN2CCN(c3cc4c(cc3F)c(=O)c(C(=O)O)c3n4C(C)S3)CC2)C(CC(C)CC(C)(C)C)=C1. The van der Waals surface area contributed by atoms with Crippen LogP contribution in [0.25, 0.3) is 10.9 Å². The Morgan fingerprint density at radius 1 is 1.21 bits per heavy atom. The smallest absolute Gasteiger partial charge is 0.342 e. The van der Waals surface area contributed by atoms with E-state index in [2.05, 4.69) is 38.7 Å². The average molecular weight is 615 g/mol. The van der Waals surface area contributed by atoms with Crippen LogP contribution in [0.5, 0.6) is 0 Å². The van der Waals surface area contributed by atoms with Crippen LogP contribution in [0, 0.1) is 17.2 Å². The van der Waals surface area contributed by atoms with Crippen LogP contribution in [0.2, 0.25) is 0 Å². The molecule has 5 rings (SSSR count). The number of aliphatic hydroxyl groups excluding tert-OH is 1. The van der Waals surface area contributed by atoms with E-state index >= 15 is 4.39 Å². The molecule has 3 atom stereocenters. The number of benzene rings is 1. The first-order valence-corrected chi connectivity index (χ1v) is 15.9. The maximum atomic E-state index is 15.3. The Balaban J connectivity index is 1.21. The number of thioether (sulfide) groups is 1. The summed E-state index contributed by atoms with van der Waals surface area (Å²) >= 11 is 1.34. The molecule has 1 aromatic heterocycles.